The molecule has 1 saturated carbocycles. The van der Waals surface area contributed by atoms with E-state index in [9.17, 15) is 9.90 Å². The molecule has 0 aliphatic heterocycles. The van der Waals surface area contributed by atoms with E-state index in [0.717, 1.165) is 15.6 Å². The average molecular weight is 360 g/mol. The molecule has 2 N–H and O–H groups in total. The van der Waals surface area contributed by atoms with Gasteiger partial charge in [-0.1, -0.05) is 24.4 Å². The summed E-state index contributed by atoms with van der Waals surface area (Å²) in [7, 11) is 0. The lowest BCUT2D eigenvalue weighted by molar-refractivity contribution is 0.0450. The molecule has 1 aliphatic rings. The zero-order valence-electron chi connectivity index (χ0n) is 14.0. The Bertz CT molecular complexity index is 536. The number of halogens is 1. The SMILES string of the molecule is CC(C)(C)OC(=O)NCC(CO)(Cc1ccc(Cl)s1)CC1CC1. The third kappa shape index (κ3) is 6.32. The zero-order chi connectivity index (χ0) is 17.1. The third-order valence-electron chi connectivity index (χ3n) is 3.94. The van der Waals surface area contributed by atoms with Crippen LogP contribution in [0, 0.1) is 11.3 Å². The van der Waals surface area contributed by atoms with E-state index in [0.29, 0.717) is 18.9 Å². The molecule has 2 rings (SSSR count). The van der Waals surface area contributed by atoms with Gasteiger partial charge in [0.15, 0.2) is 0 Å². The molecule has 23 heavy (non-hydrogen) atoms. The highest BCUT2D eigenvalue weighted by atomic mass is 35.5. The molecular weight excluding hydrogens is 334 g/mol. The number of carbonyl (C=O) groups is 1. The van der Waals surface area contributed by atoms with Crippen LogP contribution in [0.15, 0.2) is 12.1 Å². The number of ether oxygens (including phenoxy) is 1. The summed E-state index contributed by atoms with van der Waals surface area (Å²) in [5, 5.41) is 12.9. The van der Waals surface area contributed by atoms with Gasteiger partial charge in [0.05, 0.1) is 10.9 Å². The van der Waals surface area contributed by atoms with E-state index in [-0.39, 0.29) is 12.0 Å². The van der Waals surface area contributed by atoms with Gasteiger partial charge in [-0.25, -0.2) is 4.79 Å². The van der Waals surface area contributed by atoms with Gasteiger partial charge in [-0.3, -0.25) is 0 Å². The fourth-order valence-electron chi connectivity index (χ4n) is 2.71. The maximum Gasteiger partial charge on any atom is 0.407 e. The average Bonchev–Trinajstić information content (AvgIpc) is 3.15. The first-order valence-electron chi connectivity index (χ1n) is 8.03. The molecule has 0 bridgehead atoms. The molecule has 1 amide bonds. The van der Waals surface area contributed by atoms with Gasteiger partial charge >= 0.3 is 6.09 Å². The van der Waals surface area contributed by atoms with Gasteiger partial charge in [-0.15, -0.1) is 11.3 Å². The summed E-state index contributed by atoms with van der Waals surface area (Å²) < 4.78 is 6.05. The fraction of sp³-hybridized carbons (Fsp3) is 0.706. The topological polar surface area (TPSA) is 58.6 Å². The number of carbonyl (C=O) groups excluding carboxylic acids is 1. The first-order chi connectivity index (χ1) is 10.7. The Balaban J connectivity index is 2.01. The Hall–Kier alpha value is -0.780. The van der Waals surface area contributed by atoms with E-state index in [2.05, 4.69) is 5.32 Å². The first kappa shape index (κ1) is 18.6. The van der Waals surface area contributed by atoms with Crippen LogP contribution >= 0.6 is 22.9 Å². The molecule has 0 saturated heterocycles. The van der Waals surface area contributed by atoms with Crippen molar-refractivity contribution in [3.05, 3.63) is 21.3 Å². The van der Waals surface area contributed by atoms with Gasteiger partial charge < -0.3 is 15.2 Å². The largest absolute Gasteiger partial charge is 0.444 e. The predicted molar refractivity (Wildman–Crippen MR) is 94.1 cm³/mol. The lowest BCUT2D eigenvalue weighted by atomic mass is 9.79. The Kier molecular flexibility index (Phi) is 5.98. The van der Waals surface area contributed by atoms with Crippen LogP contribution in [0.5, 0.6) is 0 Å². The first-order valence-corrected chi connectivity index (χ1v) is 9.23. The lowest BCUT2D eigenvalue weighted by Crippen LogP contribution is -2.43. The number of alkyl carbamates (subject to hydrolysis) is 1. The number of amides is 1. The van der Waals surface area contributed by atoms with Crippen LogP contribution in [0.2, 0.25) is 4.34 Å². The van der Waals surface area contributed by atoms with E-state index in [4.69, 9.17) is 16.3 Å². The molecule has 6 heteroatoms. The standard InChI is InChI=1S/C17H26ClNO3S/c1-16(2,3)22-15(21)19-10-17(11-20,8-12-4-5-12)9-13-6-7-14(18)23-13/h6-7,12,20H,4-5,8-11H2,1-3H3,(H,19,21). The van der Waals surface area contributed by atoms with Gasteiger partial charge in [0.1, 0.15) is 5.60 Å². The van der Waals surface area contributed by atoms with Crippen molar-refractivity contribution in [2.75, 3.05) is 13.2 Å². The zero-order valence-corrected chi connectivity index (χ0v) is 15.6. The lowest BCUT2D eigenvalue weighted by Gasteiger charge is -2.32. The van der Waals surface area contributed by atoms with Gasteiger partial charge in [0.25, 0.3) is 0 Å². The van der Waals surface area contributed by atoms with Crippen LogP contribution in [-0.4, -0.2) is 30.0 Å². The van der Waals surface area contributed by atoms with Crippen LogP contribution in [0.4, 0.5) is 4.79 Å². The van der Waals surface area contributed by atoms with Crippen LogP contribution in [0.1, 0.15) is 44.9 Å². The second kappa shape index (κ2) is 7.41. The number of hydrogen-bond acceptors (Lipinski definition) is 4. The molecule has 0 aromatic carbocycles. The Morgan fingerprint density at radius 3 is 2.61 bits per heavy atom. The van der Waals surface area contributed by atoms with E-state index < -0.39 is 11.7 Å². The van der Waals surface area contributed by atoms with Crippen molar-refractivity contribution >= 4 is 29.0 Å². The molecule has 1 aromatic rings. The molecule has 1 unspecified atom stereocenters. The van der Waals surface area contributed by atoms with Gasteiger partial charge in [0, 0.05) is 16.8 Å². The molecule has 0 radical (unpaired) electrons. The number of rotatable bonds is 7. The van der Waals surface area contributed by atoms with E-state index in [1.807, 2.05) is 32.9 Å². The summed E-state index contributed by atoms with van der Waals surface area (Å²) in [4.78, 5) is 13.1. The summed E-state index contributed by atoms with van der Waals surface area (Å²) in [5.74, 6) is 0.651. The van der Waals surface area contributed by atoms with E-state index >= 15 is 0 Å². The molecule has 4 nitrogen and oxygen atoms in total. The molecule has 1 aromatic heterocycles. The smallest absolute Gasteiger partial charge is 0.407 e. The molecule has 1 atom stereocenters. The van der Waals surface area contributed by atoms with Gasteiger partial charge in [-0.05, 0) is 51.7 Å². The third-order valence-corrected chi connectivity index (χ3v) is 5.17. The number of aliphatic hydroxyl groups is 1. The molecule has 130 valence electrons. The number of nitrogens with one attached hydrogen (secondary N) is 1. The quantitative estimate of drug-likeness (QED) is 0.765. The van der Waals surface area contributed by atoms with Crippen molar-refractivity contribution in [1.29, 1.82) is 0 Å². The second-order valence-corrected chi connectivity index (χ2v) is 9.34. The predicted octanol–water partition coefficient (Wildman–Crippen LogP) is 4.25. The summed E-state index contributed by atoms with van der Waals surface area (Å²) in [5.41, 5.74) is -0.879. The normalized spacial score (nSPS) is 17.6. The Labute approximate surface area is 147 Å². The monoisotopic (exact) mass is 359 g/mol. The van der Waals surface area contributed by atoms with E-state index in [1.165, 1.54) is 24.2 Å². The minimum Gasteiger partial charge on any atom is -0.444 e. The summed E-state index contributed by atoms with van der Waals surface area (Å²) in [6.45, 7) is 5.95. The maximum atomic E-state index is 11.9. The second-order valence-electron chi connectivity index (χ2n) is 7.54. The minimum absolute atomic E-state index is 0.0365. The summed E-state index contributed by atoms with van der Waals surface area (Å²) in [6.07, 6.45) is 3.61. The Morgan fingerprint density at radius 2 is 2.13 bits per heavy atom. The van der Waals surface area contributed by atoms with Gasteiger partial charge in [-0.2, -0.15) is 0 Å². The highest BCUT2D eigenvalue weighted by Crippen LogP contribution is 2.42. The van der Waals surface area contributed by atoms with E-state index in [1.54, 1.807) is 0 Å². The van der Waals surface area contributed by atoms with Crippen molar-refractivity contribution in [2.45, 2.75) is 52.1 Å². The number of hydrogen-bond donors (Lipinski definition) is 2. The minimum atomic E-state index is -0.524. The fourth-order valence-corrected chi connectivity index (χ4v) is 3.97. The molecule has 1 heterocycles. The molecule has 0 spiro atoms. The number of thiophene rings is 1. The highest BCUT2D eigenvalue weighted by molar-refractivity contribution is 7.16. The van der Waals surface area contributed by atoms with Crippen molar-refractivity contribution in [1.82, 2.24) is 5.32 Å². The van der Waals surface area contributed by atoms with Crippen molar-refractivity contribution in [2.24, 2.45) is 11.3 Å². The van der Waals surface area contributed by atoms with Crippen molar-refractivity contribution in [3.8, 4) is 0 Å². The van der Waals surface area contributed by atoms with Gasteiger partial charge in [0.2, 0.25) is 0 Å². The number of aliphatic hydroxyl groups excluding tert-OH is 1. The van der Waals surface area contributed by atoms with Crippen LogP contribution < -0.4 is 5.32 Å². The van der Waals surface area contributed by atoms with Crippen LogP contribution in [-0.2, 0) is 11.2 Å². The maximum absolute atomic E-state index is 11.9. The van der Waals surface area contributed by atoms with Crippen molar-refractivity contribution < 1.29 is 14.6 Å². The van der Waals surface area contributed by atoms with Crippen LogP contribution in [0.25, 0.3) is 0 Å². The summed E-state index contributed by atoms with van der Waals surface area (Å²) in [6, 6.07) is 3.87. The van der Waals surface area contributed by atoms with Crippen molar-refractivity contribution in [3.63, 3.8) is 0 Å². The van der Waals surface area contributed by atoms with Crippen LogP contribution in [0.3, 0.4) is 0 Å². The molecule has 1 fully saturated rings. The summed E-state index contributed by atoms with van der Waals surface area (Å²) >= 11 is 7.55. The molecule has 1 aliphatic carbocycles. The molecular formula is C17H26ClNO3S. The Morgan fingerprint density at radius 1 is 1.43 bits per heavy atom. The highest BCUT2D eigenvalue weighted by Gasteiger charge is 2.37.